The maximum Gasteiger partial charge on any atom is 0.244 e. The lowest BCUT2D eigenvalue weighted by atomic mass is 10.3. The molecule has 6 nitrogen and oxygen atoms in total. The van der Waals surface area contributed by atoms with Crippen LogP contribution in [0.1, 0.15) is 11.3 Å². The van der Waals surface area contributed by atoms with Gasteiger partial charge in [0, 0.05) is 25.4 Å². The lowest BCUT2D eigenvalue weighted by molar-refractivity contribution is 0.458. The quantitative estimate of drug-likeness (QED) is 0.872. The van der Waals surface area contributed by atoms with Crippen molar-refractivity contribution in [2.75, 3.05) is 0 Å². The molecule has 2 rings (SSSR count). The first-order chi connectivity index (χ1) is 8.90. The van der Waals surface area contributed by atoms with E-state index in [4.69, 9.17) is 0 Å². The number of para-hydroxylation sites is 1. The molecule has 7 heteroatoms. The Kier molecular flexibility index (Phi) is 3.59. The molecule has 0 saturated heterocycles. The number of nitrogens with zero attached hydrogens (tertiary/aromatic N) is 2. The lowest BCUT2D eigenvalue weighted by Gasteiger charge is -2.07. The zero-order valence-electron chi connectivity index (χ0n) is 10.7. The Hall–Kier alpha value is -1.86. The number of benzene rings is 1. The summed E-state index contributed by atoms with van der Waals surface area (Å²) in [6.45, 7) is 1.94. The molecule has 0 fully saturated rings. The van der Waals surface area contributed by atoms with Crippen molar-refractivity contribution in [3.63, 3.8) is 0 Å². The third-order valence-corrected chi connectivity index (χ3v) is 4.17. The summed E-state index contributed by atoms with van der Waals surface area (Å²) in [6, 6.07) is 5.82. The van der Waals surface area contributed by atoms with Gasteiger partial charge >= 0.3 is 0 Å². The number of hydrogen-bond acceptors (Lipinski definition) is 4. The van der Waals surface area contributed by atoms with Gasteiger partial charge < -0.3 is 5.11 Å². The number of aryl methyl sites for hydroxylation is 2. The van der Waals surface area contributed by atoms with Gasteiger partial charge in [0.05, 0.1) is 5.69 Å². The summed E-state index contributed by atoms with van der Waals surface area (Å²) in [5.74, 6) is -0.266. The van der Waals surface area contributed by atoms with E-state index in [9.17, 15) is 13.5 Å². The van der Waals surface area contributed by atoms with Crippen LogP contribution in [0, 0.1) is 6.92 Å². The van der Waals surface area contributed by atoms with E-state index in [2.05, 4.69) is 9.82 Å². The van der Waals surface area contributed by atoms with Gasteiger partial charge in [-0.3, -0.25) is 4.68 Å². The molecule has 1 aromatic carbocycles. The molecule has 1 heterocycles. The molecule has 0 aliphatic carbocycles. The minimum Gasteiger partial charge on any atom is -0.507 e. The topological polar surface area (TPSA) is 84.2 Å². The minimum atomic E-state index is -3.73. The van der Waals surface area contributed by atoms with Crippen molar-refractivity contribution >= 4 is 10.0 Å². The van der Waals surface area contributed by atoms with Gasteiger partial charge in [0.25, 0.3) is 0 Å². The Morgan fingerprint density at radius 2 is 2.05 bits per heavy atom. The van der Waals surface area contributed by atoms with E-state index >= 15 is 0 Å². The Morgan fingerprint density at radius 3 is 2.63 bits per heavy atom. The molecule has 0 unspecified atom stereocenters. The normalized spacial score (nSPS) is 11.7. The number of rotatable bonds is 4. The highest BCUT2D eigenvalue weighted by atomic mass is 32.2. The maximum atomic E-state index is 12.0. The zero-order chi connectivity index (χ0) is 14.0. The smallest absolute Gasteiger partial charge is 0.244 e. The summed E-state index contributed by atoms with van der Waals surface area (Å²) < 4.78 is 28.2. The zero-order valence-corrected chi connectivity index (χ0v) is 11.5. The first kappa shape index (κ1) is 13.6. The van der Waals surface area contributed by atoms with Crippen molar-refractivity contribution in [3.8, 4) is 5.75 Å². The molecule has 0 saturated carbocycles. The summed E-state index contributed by atoms with van der Waals surface area (Å²) >= 11 is 0. The van der Waals surface area contributed by atoms with Gasteiger partial charge in [-0.25, -0.2) is 13.1 Å². The SMILES string of the molecule is Cc1nn(C)cc1CNS(=O)(=O)c1ccccc1O. The van der Waals surface area contributed by atoms with Crippen molar-refractivity contribution in [3.05, 3.63) is 41.7 Å². The van der Waals surface area contributed by atoms with Crippen molar-refractivity contribution in [1.82, 2.24) is 14.5 Å². The molecule has 102 valence electrons. The molecule has 0 aliphatic rings. The number of aromatic hydroxyl groups is 1. The fourth-order valence-corrected chi connectivity index (χ4v) is 2.86. The molecule has 0 radical (unpaired) electrons. The highest BCUT2D eigenvalue weighted by Crippen LogP contribution is 2.21. The first-order valence-corrected chi connectivity index (χ1v) is 7.15. The minimum absolute atomic E-state index is 0.128. The molecule has 0 aliphatic heterocycles. The molecular weight excluding hydrogens is 266 g/mol. The fourth-order valence-electron chi connectivity index (χ4n) is 1.76. The van der Waals surface area contributed by atoms with Crippen LogP contribution < -0.4 is 4.72 Å². The number of hydrogen-bond donors (Lipinski definition) is 2. The molecule has 0 amide bonds. The van der Waals surface area contributed by atoms with Gasteiger partial charge in [0.2, 0.25) is 10.0 Å². The van der Waals surface area contributed by atoms with Crippen LogP contribution in [0.25, 0.3) is 0 Å². The van der Waals surface area contributed by atoms with Crippen molar-refractivity contribution < 1.29 is 13.5 Å². The van der Waals surface area contributed by atoms with Crippen LogP contribution in [0.15, 0.2) is 35.4 Å². The highest BCUT2D eigenvalue weighted by molar-refractivity contribution is 7.89. The maximum absolute atomic E-state index is 12.0. The molecule has 2 N–H and O–H groups in total. The number of phenolic OH excluding ortho intramolecular Hbond substituents is 1. The van der Waals surface area contributed by atoms with Gasteiger partial charge in [-0.2, -0.15) is 5.10 Å². The molecule has 19 heavy (non-hydrogen) atoms. The fraction of sp³-hybridized carbons (Fsp3) is 0.250. The van der Waals surface area contributed by atoms with Crippen LogP contribution in [-0.2, 0) is 23.6 Å². The highest BCUT2D eigenvalue weighted by Gasteiger charge is 2.18. The van der Waals surface area contributed by atoms with E-state index < -0.39 is 10.0 Å². The van der Waals surface area contributed by atoms with Gasteiger partial charge in [-0.1, -0.05) is 12.1 Å². The molecular formula is C12H15N3O3S. The molecule has 0 spiro atoms. The summed E-state index contributed by atoms with van der Waals surface area (Å²) in [6.07, 6.45) is 1.75. The Morgan fingerprint density at radius 1 is 1.37 bits per heavy atom. The van der Waals surface area contributed by atoms with Crippen LogP contribution in [0.4, 0.5) is 0 Å². The van der Waals surface area contributed by atoms with Crippen LogP contribution in [0.3, 0.4) is 0 Å². The Balaban J connectivity index is 2.19. The monoisotopic (exact) mass is 281 g/mol. The van der Waals surface area contributed by atoms with Crippen molar-refractivity contribution in [1.29, 1.82) is 0 Å². The third kappa shape index (κ3) is 2.94. The Bertz CT molecular complexity index is 692. The predicted octanol–water partition coefficient (Wildman–Crippen LogP) is 0.913. The molecule has 1 aromatic heterocycles. The summed E-state index contributed by atoms with van der Waals surface area (Å²) in [5, 5.41) is 13.7. The van der Waals surface area contributed by atoms with Gasteiger partial charge in [0.1, 0.15) is 10.6 Å². The van der Waals surface area contributed by atoms with E-state index in [-0.39, 0.29) is 17.2 Å². The van der Waals surface area contributed by atoms with Crippen LogP contribution in [0.2, 0.25) is 0 Å². The lowest BCUT2D eigenvalue weighted by Crippen LogP contribution is -2.23. The van der Waals surface area contributed by atoms with E-state index in [1.807, 2.05) is 6.92 Å². The number of phenols is 1. The van der Waals surface area contributed by atoms with Crippen molar-refractivity contribution in [2.45, 2.75) is 18.4 Å². The standard InChI is InChI=1S/C12H15N3O3S/c1-9-10(8-15(2)14-9)7-13-19(17,18)12-6-4-3-5-11(12)16/h3-6,8,13,16H,7H2,1-2H3. The second kappa shape index (κ2) is 5.02. The van der Waals surface area contributed by atoms with Crippen LogP contribution in [0.5, 0.6) is 5.75 Å². The van der Waals surface area contributed by atoms with E-state index in [0.29, 0.717) is 0 Å². The second-order valence-corrected chi connectivity index (χ2v) is 5.94. The number of aromatic nitrogens is 2. The average molecular weight is 281 g/mol. The number of sulfonamides is 1. The summed E-state index contributed by atoms with van der Waals surface area (Å²) in [7, 11) is -1.96. The average Bonchev–Trinajstić information content (AvgIpc) is 2.66. The summed E-state index contributed by atoms with van der Waals surface area (Å²) in [4.78, 5) is -0.128. The second-order valence-electron chi connectivity index (χ2n) is 4.21. The van der Waals surface area contributed by atoms with Crippen molar-refractivity contribution in [2.24, 2.45) is 7.05 Å². The number of nitrogens with one attached hydrogen (secondary N) is 1. The largest absolute Gasteiger partial charge is 0.507 e. The Labute approximate surface area is 111 Å². The van der Waals surface area contributed by atoms with Crippen LogP contribution in [-0.4, -0.2) is 23.3 Å². The van der Waals surface area contributed by atoms with Gasteiger partial charge in [0.15, 0.2) is 0 Å². The van der Waals surface area contributed by atoms with Crippen LogP contribution >= 0.6 is 0 Å². The molecule has 0 bridgehead atoms. The van der Waals surface area contributed by atoms with E-state index in [1.54, 1.807) is 30.1 Å². The van der Waals surface area contributed by atoms with Gasteiger partial charge in [-0.15, -0.1) is 0 Å². The third-order valence-electron chi connectivity index (χ3n) is 2.72. The first-order valence-electron chi connectivity index (χ1n) is 5.67. The molecule has 2 aromatic rings. The van der Waals surface area contributed by atoms with E-state index in [0.717, 1.165) is 11.3 Å². The van der Waals surface area contributed by atoms with E-state index in [1.165, 1.54) is 12.1 Å². The van der Waals surface area contributed by atoms with Gasteiger partial charge in [-0.05, 0) is 19.1 Å². The predicted molar refractivity (Wildman–Crippen MR) is 70.1 cm³/mol. The molecule has 0 atom stereocenters. The summed E-state index contributed by atoms with van der Waals surface area (Å²) in [5.41, 5.74) is 1.56.